The lowest BCUT2D eigenvalue weighted by Gasteiger charge is -2.12. The highest BCUT2D eigenvalue weighted by atomic mass is 14.5. The van der Waals surface area contributed by atoms with Crippen LogP contribution in [0.3, 0.4) is 0 Å². The van der Waals surface area contributed by atoms with Crippen molar-refractivity contribution in [1.82, 2.24) is 0 Å². The fourth-order valence-electron chi connectivity index (χ4n) is 2.66. The minimum Gasteiger partial charge on any atom is -0.330 e. The Morgan fingerprint density at radius 2 is 1.22 bits per heavy atom. The van der Waals surface area contributed by atoms with Crippen LogP contribution in [0, 0.1) is 5.92 Å². The minimum absolute atomic E-state index is 0.665. The monoisotopic (exact) mass is 305 g/mol. The van der Waals surface area contributed by atoms with Gasteiger partial charge in [0.05, 0.1) is 0 Å². The average Bonchev–Trinajstić information content (AvgIpc) is 2.61. The Morgan fingerprint density at radius 1 is 0.739 bits per heavy atom. The Kier molecular flexibility index (Phi) is 7.93. The second-order valence-corrected chi connectivity index (χ2v) is 5.89. The highest BCUT2D eigenvalue weighted by Crippen LogP contribution is 2.18. The van der Waals surface area contributed by atoms with E-state index in [9.17, 15) is 0 Å². The molecule has 0 saturated heterocycles. The van der Waals surface area contributed by atoms with E-state index in [1.54, 1.807) is 0 Å². The molecule has 0 amide bonds. The maximum absolute atomic E-state index is 5.68. The molecule has 0 aliphatic heterocycles. The first-order valence-corrected chi connectivity index (χ1v) is 8.51. The van der Waals surface area contributed by atoms with Crippen LogP contribution >= 0.6 is 0 Å². The van der Waals surface area contributed by atoms with Crippen LogP contribution in [0.15, 0.2) is 72.8 Å². The Hall–Kier alpha value is -2.12. The molecule has 1 nitrogen and oxygen atoms in total. The van der Waals surface area contributed by atoms with Crippen molar-refractivity contribution in [2.45, 2.75) is 25.7 Å². The van der Waals surface area contributed by atoms with E-state index in [4.69, 9.17) is 5.73 Å². The van der Waals surface area contributed by atoms with Gasteiger partial charge in [0.2, 0.25) is 0 Å². The van der Waals surface area contributed by atoms with Gasteiger partial charge in [-0.15, -0.1) is 0 Å². The molecule has 0 saturated carbocycles. The van der Waals surface area contributed by atoms with Gasteiger partial charge in [-0.2, -0.15) is 0 Å². The molecular weight excluding hydrogens is 278 g/mol. The molecule has 0 aliphatic carbocycles. The predicted octanol–water partition coefficient (Wildman–Crippen LogP) is 5.55. The lowest BCUT2D eigenvalue weighted by molar-refractivity contribution is 0.484. The van der Waals surface area contributed by atoms with Gasteiger partial charge in [0.15, 0.2) is 0 Å². The largest absolute Gasteiger partial charge is 0.330 e. The lowest BCUT2D eigenvalue weighted by Crippen LogP contribution is -2.04. The topological polar surface area (TPSA) is 26.0 Å². The van der Waals surface area contributed by atoms with Gasteiger partial charge in [0.25, 0.3) is 0 Å². The third kappa shape index (κ3) is 7.12. The SMILES string of the molecule is NCCCC(CC=Cc1ccccc1)CC=Cc1ccccc1. The molecule has 2 N–H and O–H groups in total. The summed E-state index contributed by atoms with van der Waals surface area (Å²) in [6, 6.07) is 21.0. The molecule has 120 valence electrons. The lowest BCUT2D eigenvalue weighted by atomic mass is 9.94. The molecule has 2 rings (SSSR count). The molecule has 2 aromatic rings. The standard InChI is InChI=1S/C22H27N/c23-19-9-18-22(16-7-14-20-10-3-1-4-11-20)17-8-15-21-12-5-2-6-13-21/h1-8,10-15,22H,9,16-19,23H2. The minimum atomic E-state index is 0.665. The van der Waals surface area contributed by atoms with Crippen molar-refractivity contribution in [3.8, 4) is 0 Å². The first-order valence-electron chi connectivity index (χ1n) is 8.51. The van der Waals surface area contributed by atoms with Crippen LogP contribution < -0.4 is 5.73 Å². The van der Waals surface area contributed by atoms with Crippen LogP contribution in [0.5, 0.6) is 0 Å². The normalized spacial score (nSPS) is 12.9. The summed E-state index contributed by atoms with van der Waals surface area (Å²) in [6.07, 6.45) is 13.5. The van der Waals surface area contributed by atoms with Crippen LogP contribution in [0.2, 0.25) is 0 Å². The third-order valence-corrected chi connectivity index (χ3v) is 3.98. The first-order chi connectivity index (χ1) is 11.4. The van der Waals surface area contributed by atoms with E-state index >= 15 is 0 Å². The molecule has 1 heteroatoms. The van der Waals surface area contributed by atoms with Gasteiger partial charge in [0, 0.05) is 0 Å². The van der Waals surface area contributed by atoms with Crippen molar-refractivity contribution in [3.63, 3.8) is 0 Å². The fourth-order valence-corrected chi connectivity index (χ4v) is 2.66. The number of hydrogen-bond acceptors (Lipinski definition) is 1. The summed E-state index contributed by atoms with van der Waals surface area (Å²) in [4.78, 5) is 0. The highest BCUT2D eigenvalue weighted by Gasteiger charge is 2.04. The maximum Gasteiger partial charge on any atom is -0.00772 e. The van der Waals surface area contributed by atoms with Gasteiger partial charge in [0.1, 0.15) is 0 Å². The summed E-state index contributed by atoms with van der Waals surface area (Å²) in [5.74, 6) is 0.665. The summed E-state index contributed by atoms with van der Waals surface area (Å²) >= 11 is 0. The zero-order valence-electron chi connectivity index (χ0n) is 13.8. The molecule has 0 spiro atoms. The molecule has 2 aromatic carbocycles. The Morgan fingerprint density at radius 3 is 1.65 bits per heavy atom. The molecule has 0 atom stereocenters. The predicted molar refractivity (Wildman–Crippen MR) is 102 cm³/mol. The summed E-state index contributed by atoms with van der Waals surface area (Å²) < 4.78 is 0. The number of allylic oxidation sites excluding steroid dienone is 2. The van der Waals surface area contributed by atoms with Crippen LogP contribution in [-0.4, -0.2) is 6.54 Å². The van der Waals surface area contributed by atoms with Gasteiger partial charge in [-0.05, 0) is 49.3 Å². The van der Waals surface area contributed by atoms with E-state index in [1.807, 2.05) is 0 Å². The van der Waals surface area contributed by atoms with Crippen molar-refractivity contribution in [3.05, 3.63) is 83.9 Å². The van der Waals surface area contributed by atoms with Gasteiger partial charge >= 0.3 is 0 Å². The molecule has 0 heterocycles. The van der Waals surface area contributed by atoms with E-state index in [1.165, 1.54) is 17.5 Å². The molecule has 0 radical (unpaired) electrons. The van der Waals surface area contributed by atoms with Crippen LogP contribution in [0.4, 0.5) is 0 Å². The number of nitrogens with two attached hydrogens (primary N) is 1. The third-order valence-electron chi connectivity index (χ3n) is 3.98. The molecule has 0 aliphatic rings. The Balaban J connectivity index is 1.86. The van der Waals surface area contributed by atoms with Crippen LogP contribution in [0.1, 0.15) is 36.8 Å². The van der Waals surface area contributed by atoms with Crippen molar-refractivity contribution >= 4 is 12.2 Å². The van der Waals surface area contributed by atoms with E-state index in [0.717, 1.165) is 25.8 Å². The van der Waals surface area contributed by atoms with E-state index in [-0.39, 0.29) is 0 Å². The van der Waals surface area contributed by atoms with E-state index in [2.05, 4.69) is 85.0 Å². The first kappa shape index (κ1) is 17.2. The van der Waals surface area contributed by atoms with Crippen molar-refractivity contribution in [2.24, 2.45) is 11.7 Å². The van der Waals surface area contributed by atoms with E-state index in [0.29, 0.717) is 5.92 Å². The zero-order chi connectivity index (χ0) is 16.2. The Labute approximate surface area is 140 Å². The molecule has 23 heavy (non-hydrogen) atoms. The molecule has 0 fully saturated rings. The molecule has 0 unspecified atom stereocenters. The highest BCUT2D eigenvalue weighted by molar-refractivity contribution is 5.49. The maximum atomic E-state index is 5.68. The van der Waals surface area contributed by atoms with Gasteiger partial charge in [-0.3, -0.25) is 0 Å². The van der Waals surface area contributed by atoms with Crippen LogP contribution in [-0.2, 0) is 0 Å². The summed E-state index contributed by atoms with van der Waals surface area (Å²) in [5.41, 5.74) is 8.22. The van der Waals surface area contributed by atoms with Gasteiger partial charge in [-0.25, -0.2) is 0 Å². The number of hydrogen-bond donors (Lipinski definition) is 1. The molecular formula is C22H27N. The zero-order valence-corrected chi connectivity index (χ0v) is 13.8. The molecule has 0 aromatic heterocycles. The second kappa shape index (κ2) is 10.6. The van der Waals surface area contributed by atoms with Crippen molar-refractivity contribution < 1.29 is 0 Å². The van der Waals surface area contributed by atoms with E-state index < -0.39 is 0 Å². The average molecular weight is 305 g/mol. The van der Waals surface area contributed by atoms with Crippen LogP contribution in [0.25, 0.3) is 12.2 Å². The smallest absolute Gasteiger partial charge is 0.00772 e. The second-order valence-electron chi connectivity index (χ2n) is 5.89. The number of benzene rings is 2. The quantitative estimate of drug-likeness (QED) is 0.646. The Bertz CT molecular complexity index is 532. The van der Waals surface area contributed by atoms with Crippen molar-refractivity contribution in [2.75, 3.05) is 6.54 Å². The van der Waals surface area contributed by atoms with Gasteiger partial charge < -0.3 is 5.73 Å². The summed E-state index contributed by atoms with van der Waals surface area (Å²) in [6.45, 7) is 0.779. The summed E-state index contributed by atoms with van der Waals surface area (Å²) in [7, 11) is 0. The van der Waals surface area contributed by atoms with Crippen molar-refractivity contribution in [1.29, 1.82) is 0 Å². The van der Waals surface area contributed by atoms with Gasteiger partial charge in [-0.1, -0.05) is 85.0 Å². The summed E-state index contributed by atoms with van der Waals surface area (Å²) in [5, 5.41) is 0. The number of rotatable bonds is 9. The fraction of sp³-hybridized carbons (Fsp3) is 0.273. The molecule has 0 bridgehead atoms.